The number of nitrogens with zero attached hydrogens (tertiary/aromatic N) is 2. The first kappa shape index (κ1) is 23.8. The molecule has 0 bridgehead atoms. The molecule has 4 aromatic rings. The molecule has 1 amide bonds. The second-order valence-electron chi connectivity index (χ2n) is 7.72. The van der Waals surface area contributed by atoms with Crippen LogP contribution in [0.25, 0.3) is 0 Å². The van der Waals surface area contributed by atoms with Crippen molar-refractivity contribution in [2.45, 2.75) is 26.7 Å². The van der Waals surface area contributed by atoms with E-state index in [4.69, 9.17) is 14.2 Å². The van der Waals surface area contributed by atoms with Crippen molar-refractivity contribution in [1.82, 2.24) is 15.3 Å². The number of aromatic nitrogens is 2. The highest BCUT2D eigenvalue weighted by Gasteiger charge is 2.12. The van der Waals surface area contributed by atoms with Crippen LogP contribution in [0.4, 0.5) is 0 Å². The standard InChI is InChI=1S/C28H27N3O4/c1-2-33-27-16-24(7-10-26(27)35-19-22-11-14-29-15-12-22)28(32)31-18-21-5-8-25(9-6-21)34-20-23-4-3-13-30-17-23/h3-17H,2,18-20H2,1H3,(H,31,32). The molecule has 178 valence electrons. The van der Waals surface area contributed by atoms with Gasteiger partial charge >= 0.3 is 0 Å². The summed E-state index contributed by atoms with van der Waals surface area (Å²) in [5.41, 5.74) is 3.47. The fourth-order valence-corrected chi connectivity index (χ4v) is 3.32. The molecule has 2 aromatic carbocycles. The lowest BCUT2D eigenvalue weighted by Gasteiger charge is -2.14. The van der Waals surface area contributed by atoms with Gasteiger partial charge in [0, 0.05) is 42.5 Å². The van der Waals surface area contributed by atoms with Gasteiger partial charge in [0.1, 0.15) is 19.0 Å². The zero-order chi connectivity index (χ0) is 24.3. The zero-order valence-electron chi connectivity index (χ0n) is 19.5. The van der Waals surface area contributed by atoms with Crippen LogP contribution in [0.15, 0.2) is 91.5 Å². The molecule has 0 radical (unpaired) electrons. The molecule has 0 spiro atoms. The summed E-state index contributed by atoms with van der Waals surface area (Å²) >= 11 is 0. The second-order valence-corrected chi connectivity index (χ2v) is 7.72. The van der Waals surface area contributed by atoms with Crippen LogP contribution in [0.5, 0.6) is 17.2 Å². The van der Waals surface area contributed by atoms with Crippen molar-refractivity contribution >= 4 is 5.91 Å². The lowest BCUT2D eigenvalue weighted by molar-refractivity contribution is 0.0950. The predicted molar refractivity (Wildman–Crippen MR) is 132 cm³/mol. The van der Waals surface area contributed by atoms with Gasteiger partial charge in [-0.3, -0.25) is 14.8 Å². The molecule has 0 aliphatic rings. The fraction of sp³-hybridized carbons (Fsp3) is 0.179. The molecule has 0 saturated carbocycles. The van der Waals surface area contributed by atoms with Crippen LogP contribution in [0.1, 0.15) is 34.0 Å². The van der Waals surface area contributed by atoms with E-state index in [9.17, 15) is 4.79 Å². The summed E-state index contributed by atoms with van der Waals surface area (Å²) in [6.07, 6.45) is 6.95. The topological polar surface area (TPSA) is 82.6 Å². The highest BCUT2D eigenvalue weighted by molar-refractivity contribution is 5.94. The van der Waals surface area contributed by atoms with Gasteiger partial charge in [-0.25, -0.2) is 0 Å². The van der Waals surface area contributed by atoms with Crippen molar-refractivity contribution < 1.29 is 19.0 Å². The van der Waals surface area contributed by atoms with Gasteiger partial charge in [0.15, 0.2) is 11.5 Å². The number of pyridine rings is 2. The van der Waals surface area contributed by atoms with Gasteiger partial charge in [0.25, 0.3) is 5.91 Å². The number of benzene rings is 2. The Morgan fingerprint density at radius 2 is 1.57 bits per heavy atom. The van der Waals surface area contributed by atoms with Gasteiger partial charge in [-0.1, -0.05) is 18.2 Å². The monoisotopic (exact) mass is 469 g/mol. The highest BCUT2D eigenvalue weighted by Crippen LogP contribution is 2.29. The van der Waals surface area contributed by atoms with E-state index in [1.54, 1.807) is 43.0 Å². The number of amides is 1. The largest absolute Gasteiger partial charge is 0.490 e. The third kappa shape index (κ3) is 7.04. The van der Waals surface area contributed by atoms with E-state index in [1.807, 2.05) is 55.5 Å². The highest BCUT2D eigenvalue weighted by atomic mass is 16.5. The SMILES string of the molecule is CCOc1cc(C(=O)NCc2ccc(OCc3cccnc3)cc2)ccc1OCc1ccncc1. The molecular weight excluding hydrogens is 442 g/mol. The minimum absolute atomic E-state index is 0.191. The Morgan fingerprint density at radius 3 is 2.31 bits per heavy atom. The first-order valence-corrected chi connectivity index (χ1v) is 11.4. The van der Waals surface area contributed by atoms with Crippen LogP contribution in [-0.2, 0) is 19.8 Å². The van der Waals surface area contributed by atoms with E-state index in [-0.39, 0.29) is 5.91 Å². The molecule has 0 saturated heterocycles. The summed E-state index contributed by atoms with van der Waals surface area (Å²) < 4.78 is 17.4. The number of hydrogen-bond acceptors (Lipinski definition) is 6. The summed E-state index contributed by atoms with van der Waals surface area (Å²) in [5, 5.41) is 2.95. The van der Waals surface area contributed by atoms with Crippen LogP contribution < -0.4 is 19.5 Å². The molecular formula is C28H27N3O4. The number of hydrogen-bond donors (Lipinski definition) is 1. The molecule has 0 unspecified atom stereocenters. The van der Waals surface area contributed by atoms with Gasteiger partial charge < -0.3 is 19.5 Å². The number of carbonyl (C=O) groups is 1. The predicted octanol–water partition coefficient (Wildman–Crippen LogP) is 4.96. The van der Waals surface area contributed by atoms with E-state index in [2.05, 4.69) is 15.3 Å². The molecule has 4 rings (SSSR count). The van der Waals surface area contributed by atoms with Crippen LogP contribution in [0.3, 0.4) is 0 Å². The second kappa shape index (κ2) is 12.2. The number of nitrogens with one attached hydrogen (secondary N) is 1. The average molecular weight is 470 g/mol. The Morgan fingerprint density at radius 1 is 0.771 bits per heavy atom. The molecule has 0 aliphatic carbocycles. The summed E-state index contributed by atoms with van der Waals surface area (Å²) in [4.78, 5) is 20.8. The van der Waals surface area contributed by atoms with E-state index < -0.39 is 0 Å². The molecule has 2 aromatic heterocycles. The lowest BCUT2D eigenvalue weighted by Crippen LogP contribution is -2.22. The minimum atomic E-state index is -0.191. The summed E-state index contributed by atoms with van der Waals surface area (Å²) in [7, 11) is 0. The van der Waals surface area contributed by atoms with Crippen molar-refractivity contribution in [3.05, 3.63) is 114 Å². The zero-order valence-corrected chi connectivity index (χ0v) is 19.5. The summed E-state index contributed by atoms with van der Waals surface area (Å²) in [5.74, 6) is 1.68. The fourth-order valence-electron chi connectivity index (χ4n) is 3.32. The maximum atomic E-state index is 12.7. The third-order valence-electron chi connectivity index (χ3n) is 5.15. The first-order valence-electron chi connectivity index (χ1n) is 11.4. The van der Waals surface area contributed by atoms with Crippen molar-refractivity contribution in [1.29, 1.82) is 0 Å². The van der Waals surface area contributed by atoms with Gasteiger partial charge in [-0.2, -0.15) is 0 Å². The maximum absolute atomic E-state index is 12.7. The summed E-state index contributed by atoms with van der Waals surface area (Å²) in [6.45, 7) is 3.59. The smallest absolute Gasteiger partial charge is 0.251 e. The van der Waals surface area contributed by atoms with Crippen molar-refractivity contribution in [2.24, 2.45) is 0 Å². The van der Waals surface area contributed by atoms with Crippen molar-refractivity contribution in [3.8, 4) is 17.2 Å². The molecule has 2 heterocycles. The lowest BCUT2D eigenvalue weighted by atomic mass is 10.1. The molecule has 0 fully saturated rings. The molecule has 35 heavy (non-hydrogen) atoms. The molecule has 7 heteroatoms. The van der Waals surface area contributed by atoms with E-state index >= 15 is 0 Å². The van der Waals surface area contributed by atoms with Crippen LogP contribution in [-0.4, -0.2) is 22.5 Å². The molecule has 0 aliphatic heterocycles. The van der Waals surface area contributed by atoms with Crippen molar-refractivity contribution in [2.75, 3.05) is 6.61 Å². The van der Waals surface area contributed by atoms with Crippen molar-refractivity contribution in [3.63, 3.8) is 0 Å². The quantitative estimate of drug-likeness (QED) is 0.334. The molecule has 7 nitrogen and oxygen atoms in total. The van der Waals surface area contributed by atoms with Crippen LogP contribution >= 0.6 is 0 Å². The van der Waals surface area contributed by atoms with E-state index in [1.165, 1.54) is 0 Å². The van der Waals surface area contributed by atoms with E-state index in [0.29, 0.717) is 43.4 Å². The van der Waals surface area contributed by atoms with Gasteiger partial charge in [0.05, 0.1) is 6.61 Å². The Bertz CT molecular complexity index is 1220. The normalized spacial score (nSPS) is 10.4. The summed E-state index contributed by atoms with van der Waals surface area (Å²) in [6, 6.07) is 20.5. The number of ether oxygens (including phenoxy) is 3. The van der Waals surface area contributed by atoms with Gasteiger partial charge in [-0.05, 0) is 66.6 Å². The van der Waals surface area contributed by atoms with E-state index in [0.717, 1.165) is 22.4 Å². The molecule has 0 atom stereocenters. The minimum Gasteiger partial charge on any atom is -0.490 e. The number of rotatable bonds is 11. The molecule has 1 N–H and O–H groups in total. The van der Waals surface area contributed by atoms with Crippen LogP contribution in [0, 0.1) is 0 Å². The van der Waals surface area contributed by atoms with Crippen LogP contribution in [0.2, 0.25) is 0 Å². The van der Waals surface area contributed by atoms with Gasteiger partial charge in [-0.15, -0.1) is 0 Å². The maximum Gasteiger partial charge on any atom is 0.251 e. The first-order chi connectivity index (χ1) is 17.2. The number of carbonyl (C=O) groups excluding carboxylic acids is 1. The van der Waals surface area contributed by atoms with Gasteiger partial charge in [0.2, 0.25) is 0 Å². The Hall–Kier alpha value is -4.39. The average Bonchev–Trinajstić information content (AvgIpc) is 2.91. The third-order valence-corrected chi connectivity index (χ3v) is 5.15. The Labute approximate surface area is 204 Å². The Kier molecular flexibility index (Phi) is 8.27. The Balaban J connectivity index is 1.31.